The van der Waals surface area contributed by atoms with E-state index in [1.54, 1.807) is 4.90 Å². The molecule has 3 aliphatic rings. The van der Waals surface area contributed by atoms with Crippen LogP contribution in [0.3, 0.4) is 0 Å². The third kappa shape index (κ3) is 2.32. The summed E-state index contributed by atoms with van der Waals surface area (Å²) in [4.78, 5) is 13.7. The number of alkyl halides is 2. The lowest BCUT2D eigenvalue weighted by atomic mass is 9.80. The summed E-state index contributed by atoms with van der Waals surface area (Å²) in [6, 6.07) is -0.172. The van der Waals surface area contributed by atoms with Crippen LogP contribution in [0, 0.1) is 11.8 Å². The zero-order chi connectivity index (χ0) is 14.7. The molecule has 1 aliphatic carbocycles. The fraction of sp³-hybridized carbons (Fsp3) is 0.917. The van der Waals surface area contributed by atoms with Crippen LogP contribution in [0.1, 0.15) is 19.3 Å². The quantitative estimate of drug-likeness (QED) is 0.747. The molecular weight excluding hydrogens is 290 g/mol. The molecular formula is C12H18F2N2O3S. The summed E-state index contributed by atoms with van der Waals surface area (Å²) in [7, 11) is -3.26. The first-order chi connectivity index (χ1) is 9.17. The van der Waals surface area contributed by atoms with Gasteiger partial charge in [0, 0.05) is 44.4 Å². The lowest BCUT2D eigenvalue weighted by Crippen LogP contribution is -2.47. The second-order valence-electron chi connectivity index (χ2n) is 6.19. The summed E-state index contributed by atoms with van der Waals surface area (Å²) < 4.78 is 50.4. The van der Waals surface area contributed by atoms with Crippen molar-refractivity contribution in [2.45, 2.75) is 31.2 Å². The predicted molar refractivity (Wildman–Crippen MR) is 67.7 cm³/mol. The number of carbonyl (C=O) groups is 1. The molecule has 5 nitrogen and oxygen atoms in total. The van der Waals surface area contributed by atoms with Gasteiger partial charge in [-0.3, -0.25) is 4.79 Å². The molecule has 0 aromatic heterocycles. The van der Waals surface area contributed by atoms with E-state index in [2.05, 4.69) is 0 Å². The Bertz CT molecular complexity index is 529. The molecule has 2 saturated heterocycles. The van der Waals surface area contributed by atoms with Gasteiger partial charge in [-0.05, 0) is 12.3 Å². The maximum Gasteiger partial charge on any atom is 0.249 e. The van der Waals surface area contributed by atoms with Gasteiger partial charge in [-0.2, -0.15) is 4.31 Å². The van der Waals surface area contributed by atoms with E-state index in [0.717, 1.165) is 6.42 Å². The van der Waals surface area contributed by atoms with Crippen LogP contribution < -0.4 is 0 Å². The average molecular weight is 308 g/mol. The van der Waals surface area contributed by atoms with E-state index in [9.17, 15) is 22.0 Å². The normalized spacial score (nSPS) is 34.0. The minimum Gasteiger partial charge on any atom is -0.340 e. The molecule has 0 aromatic carbocycles. The third-order valence-corrected chi connectivity index (χ3v) is 5.98. The van der Waals surface area contributed by atoms with E-state index in [1.807, 2.05) is 0 Å². The Labute approximate surface area is 117 Å². The Balaban J connectivity index is 1.65. The predicted octanol–water partition coefficient (Wildman–Crippen LogP) is 0.524. The van der Waals surface area contributed by atoms with Crippen molar-refractivity contribution in [3.05, 3.63) is 0 Å². The highest BCUT2D eigenvalue weighted by atomic mass is 32.2. The second kappa shape index (κ2) is 4.37. The first kappa shape index (κ1) is 14.2. The van der Waals surface area contributed by atoms with Crippen LogP contribution in [0.2, 0.25) is 0 Å². The van der Waals surface area contributed by atoms with Crippen LogP contribution in [0.25, 0.3) is 0 Å². The van der Waals surface area contributed by atoms with Gasteiger partial charge >= 0.3 is 0 Å². The molecule has 1 saturated carbocycles. The van der Waals surface area contributed by atoms with Crippen molar-refractivity contribution in [3.63, 3.8) is 0 Å². The van der Waals surface area contributed by atoms with Crippen molar-refractivity contribution >= 4 is 15.9 Å². The number of rotatable bonds is 2. The van der Waals surface area contributed by atoms with Crippen LogP contribution in [-0.2, 0) is 14.8 Å². The smallest absolute Gasteiger partial charge is 0.249 e. The summed E-state index contributed by atoms with van der Waals surface area (Å²) in [5.74, 6) is -3.38. The SMILES string of the molecule is CS(=O)(=O)N1CC[C@@H]2CN(C(=O)C3CC(F)(F)C3)C[C@@H]21. The molecule has 2 aliphatic heterocycles. The fourth-order valence-electron chi connectivity index (χ4n) is 3.61. The van der Waals surface area contributed by atoms with Gasteiger partial charge in [-0.1, -0.05) is 0 Å². The maximum atomic E-state index is 12.8. The van der Waals surface area contributed by atoms with Crippen molar-refractivity contribution in [1.82, 2.24) is 9.21 Å². The molecule has 0 spiro atoms. The fourth-order valence-corrected chi connectivity index (χ4v) is 4.78. The maximum absolute atomic E-state index is 12.8. The highest BCUT2D eigenvalue weighted by Crippen LogP contribution is 2.44. The molecule has 2 atom stereocenters. The molecule has 8 heteroatoms. The Morgan fingerprint density at radius 3 is 2.45 bits per heavy atom. The number of sulfonamides is 1. The van der Waals surface area contributed by atoms with E-state index in [-0.39, 0.29) is 30.7 Å². The standard InChI is InChI=1S/C12H18F2N2O3S/c1-20(18,19)16-3-2-8-6-15(7-10(8)16)11(17)9-4-12(13,14)5-9/h8-10H,2-7H2,1H3/t8-,10+/m1/s1. The number of hydrogen-bond acceptors (Lipinski definition) is 3. The van der Waals surface area contributed by atoms with Gasteiger partial charge in [-0.25, -0.2) is 17.2 Å². The van der Waals surface area contributed by atoms with Crippen molar-refractivity contribution in [2.24, 2.45) is 11.8 Å². The van der Waals surface area contributed by atoms with Gasteiger partial charge in [0.15, 0.2) is 0 Å². The minimum absolute atomic E-state index is 0.147. The lowest BCUT2D eigenvalue weighted by molar-refractivity contribution is -0.159. The molecule has 0 aromatic rings. The molecule has 0 bridgehead atoms. The molecule has 0 radical (unpaired) electrons. The Morgan fingerprint density at radius 1 is 1.25 bits per heavy atom. The van der Waals surface area contributed by atoms with Crippen molar-refractivity contribution in [1.29, 1.82) is 0 Å². The molecule has 0 unspecified atom stereocenters. The summed E-state index contributed by atoms with van der Waals surface area (Å²) in [5.41, 5.74) is 0. The first-order valence-electron chi connectivity index (χ1n) is 6.81. The second-order valence-corrected chi connectivity index (χ2v) is 8.13. The van der Waals surface area contributed by atoms with E-state index in [0.29, 0.717) is 19.6 Å². The van der Waals surface area contributed by atoms with E-state index in [1.165, 1.54) is 10.6 Å². The third-order valence-electron chi connectivity index (χ3n) is 4.67. The number of amides is 1. The van der Waals surface area contributed by atoms with E-state index >= 15 is 0 Å². The summed E-state index contributed by atoms with van der Waals surface area (Å²) in [6.07, 6.45) is 1.18. The number of likely N-dealkylation sites (tertiary alicyclic amines) is 1. The van der Waals surface area contributed by atoms with Crippen molar-refractivity contribution < 1.29 is 22.0 Å². The van der Waals surface area contributed by atoms with Crippen LogP contribution in [0.5, 0.6) is 0 Å². The van der Waals surface area contributed by atoms with Crippen LogP contribution in [0.4, 0.5) is 8.78 Å². The first-order valence-corrected chi connectivity index (χ1v) is 8.66. The average Bonchev–Trinajstić information content (AvgIpc) is 2.81. The van der Waals surface area contributed by atoms with Crippen LogP contribution >= 0.6 is 0 Å². The number of nitrogens with zero attached hydrogens (tertiary/aromatic N) is 2. The van der Waals surface area contributed by atoms with Crippen molar-refractivity contribution in [3.8, 4) is 0 Å². The molecule has 0 N–H and O–H groups in total. The Kier molecular flexibility index (Phi) is 3.10. The van der Waals surface area contributed by atoms with E-state index in [4.69, 9.17) is 0 Å². The van der Waals surface area contributed by atoms with Crippen LogP contribution in [0.15, 0.2) is 0 Å². The van der Waals surface area contributed by atoms with Gasteiger partial charge in [0.1, 0.15) is 0 Å². The molecule has 114 valence electrons. The highest BCUT2D eigenvalue weighted by molar-refractivity contribution is 7.88. The Hall–Kier alpha value is -0.760. The van der Waals surface area contributed by atoms with E-state index < -0.39 is 21.9 Å². The zero-order valence-electron chi connectivity index (χ0n) is 11.3. The van der Waals surface area contributed by atoms with Crippen LogP contribution in [-0.4, -0.2) is 61.4 Å². The number of halogens is 2. The van der Waals surface area contributed by atoms with Gasteiger partial charge in [0.05, 0.1) is 6.26 Å². The van der Waals surface area contributed by atoms with Gasteiger partial charge < -0.3 is 4.90 Å². The lowest BCUT2D eigenvalue weighted by Gasteiger charge is -2.36. The topological polar surface area (TPSA) is 57.7 Å². The molecule has 3 fully saturated rings. The van der Waals surface area contributed by atoms with Gasteiger partial charge in [0.2, 0.25) is 21.9 Å². The molecule has 2 heterocycles. The van der Waals surface area contributed by atoms with Gasteiger partial charge in [0.25, 0.3) is 0 Å². The number of fused-ring (bicyclic) bond motifs is 1. The van der Waals surface area contributed by atoms with Gasteiger partial charge in [-0.15, -0.1) is 0 Å². The summed E-state index contributed by atoms with van der Waals surface area (Å²) in [6.45, 7) is 1.34. The molecule has 1 amide bonds. The van der Waals surface area contributed by atoms with Crippen molar-refractivity contribution in [2.75, 3.05) is 25.9 Å². The molecule has 20 heavy (non-hydrogen) atoms. The summed E-state index contributed by atoms with van der Waals surface area (Å²) in [5, 5.41) is 0. The number of hydrogen-bond donors (Lipinski definition) is 0. The number of carbonyl (C=O) groups excluding carboxylic acids is 1. The molecule has 3 rings (SSSR count). The largest absolute Gasteiger partial charge is 0.340 e. The highest BCUT2D eigenvalue weighted by Gasteiger charge is 2.52. The zero-order valence-corrected chi connectivity index (χ0v) is 12.1. The monoisotopic (exact) mass is 308 g/mol. The Morgan fingerprint density at radius 2 is 1.90 bits per heavy atom. The minimum atomic E-state index is -3.26. The summed E-state index contributed by atoms with van der Waals surface area (Å²) >= 11 is 0.